The van der Waals surface area contributed by atoms with Gasteiger partial charge < -0.3 is 14.6 Å². The molecule has 1 atom stereocenters. The van der Waals surface area contributed by atoms with Gasteiger partial charge in [0.15, 0.2) is 29.1 Å². The van der Waals surface area contributed by atoms with Gasteiger partial charge in [-0.3, -0.25) is 9.78 Å². The van der Waals surface area contributed by atoms with Gasteiger partial charge in [-0.2, -0.15) is 0 Å². The minimum Gasteiger partial charge on any atom is -0.440 e. The molecule has 0 spiro atoms. The van der Waals surface area contributed by atoms with Gasteiger partial charge >= 0.3 is 0 Å². The fourth-order valence-electron chi connectivity index (χ4n) is 2.56. The monoisotopic (exact) mass is 388 g/mol. The maximum absolute atomic E-state index is 13.3. The Morgan fingerprint density at radius 2 is 1.93 bits per heavy atom. The van der Waals surface area contributed by atoms with E-state index < -0.39 is 17.7 Å². The molecule has 0 aliphatic heterocycles. The number of benzene rings is 1. The standard InChI is InChI=1S/C20H18F2N2O4/c21-15-4-2-13(8-16(15)22)19-10-24-20(28-19)7-12-1-5-17(23-9-12)18(27)6-3-14(26)11-25/h1-2,4-5,8-10,14,25-26H,3,6-7,11H2/t14-/m1/s1. The second-order valence-electron chi connectivity index (χ2n) is 6.27. The number of ketones is 1. The van der Waals surface area contributed by atoms with Crippen LogP contribution < -0.4 is 0 Å². The summed E-state index contributed by atoms with van der Waals surface area (Å²) in [7, 11) is 0. The number of oxazole rings is 1. The SMILES string of the molecule is O=C(CC[C@@H](O)CO)c1ccc(Cc2ncc(-c3ccc(F)c(F)c3)o2)cn1. The lowest BCUT2D eigenvalue weighted by Gasteiger charge is -2.06. The van der Waals surface area contributed by atoms with Crippen LogP contribution >= 0.6 is 0 Å². The molecule has 0 aliphatic rings. The van der Waals surface area contributed by atoms with Crippen LogP contribution in [0.3, 0.4) is 0 Å². The average Bonchev–Trinajstić information content (AvgIpc) is 3.17. The first kappa shape index (κ1) is 19.8. The molecule has 3 rings (SSSR count). The second kappa shape index (κ2) is 8.81. The Morgan fingerprint density at radius 1 is 1.11 bits per heavy atom. The molecule has 6 nitrogen and oxygen atoms in total. The molecule has 2 heterocycles. The number of carbonyl (C=O) groups excluding carboxylic acids is 1. The third-order valence-corrected chi connectivity index (χ3v) is 4.14. The molecule has 146 valence electrons. The van der Waals surface area contributed by atoms with Gasteiger partial charge in [0.25, 0.3) is 0 Å². The van der Waals surface area contributed by atoms with Crippen LogP contribution in [0.25, 0.3) is 11.3 Å². The maximum atomic E-state index is 13.3. The van der Waals surface area contributed by atoms with Crippen molar-refractivity contribution in [2.45, 2.75) is 25.4 Å². The minimum atomic E-state index is -0.966. The average molecular weight is 388 g/mol. The van der Waals surface area contributed by atoms with E-state index in [0.29, 0.717) is 23.6 Å². The predicted molar refractivity (Wildman–Crippen MR) is 95.6 cm³/mol. The summed E-state index contributed by atoms with van der Waals surface area (Å²) >= 11 is 0. The third kappa shape index (κ3) is 4.85. The number of Topliss-reactive ketones (excluding diaryl/α,β-unsaturated/α-hetero) is 1. The number of aliphatic hydroxyl groups is 2. The Hall–Kier alpha value is -2.97. The Labute approximate surface area is 159 Å². The number of halogens is 2. The summed E-state index contributed by atoms with van der Waals surface area (Å²) in [6.07, 6.45) is 2.61. The van der Waals surface area contributed by atoms with Gasteiger partial charge in [-0.1, -0.05) is 6.07 Å². The van der Waals surface area contributed by atoms with E-state index in [1.54, 1.807) is 12.1 Å². The van der Waals surface area contributed by atoms with Crippen molar-refractivity contribution in [3.63, 3.8) is 0 Å². The predicted octanol–water partition coefficient (Wildman–Crippen LogP) is 2.92. The zero-order valence-electron chi connectivity index (χ0n) is 14.8. The van der Waals surface area contributed by atoms with E-state index in [2.05, 4.69) is 9.97 Å². The molecule has 0 amide bonds. The van der Waals surface area contributed by atoms with Crippen LogP contribution in [0.15, 0.2) is 47.1 Å². The van der Waals surface area contributed by atoms with E-state index in [9.17, 15) is 18.7 Å². The highest BCUT2D eigenvalue weighted by Gasteiger charge is 2.13. The lowest BCUT2D eigenvalue weighted by Crippen LogP contribution is -2.14. The van der Waals surface area contributed by atoms with Crippen molar-refractivity contribution in [1.29, 1.82) is 0 Å². The van der Waals surface area contributed by atoms with Crippen molar-refractivity contribution >= 4 is 5.78 Å². The molecule has 0 fully saturated rings. The molecule has 0 saturated heterocycles. The Kier molecular flexibility index (Phi) is 6.23. The molecule has 28 heavy (non-hydrogen) atoms. The molecule has 0 unspecified atom stereocenters. The van der Waals surface area contributed by atoms with Gasteiger partial charge in [0.2, 0.25) is 0 Å². The zero-order chi connectivity index (χ0) is 20.1. The van der Waals surface area contributed by atoms with Crippen LogP contribution in [0.1, 0.15) is 34.8 Å². The minimum absolute atomic E-state index is 0.0887. The Balaban J connectivity index is 1.64. The number of hydrogen-bond donors (Lipinski definition) is 2. The lowest BCUT2D eigenvalue weighted by molar-refractivity contribution is 0.0777. The van der Waals surface area contributed by atoms with Gasteiger partial charge in [0, 0.05) is 18.2 Å². The number of nitrogens with zero attached hydrogens (tertiary/aromatic N) is 2. The van der Waals surface area contributed by atoms with E-state index in [1.165, 1.54) is 18.5 Å². The number of aliphatic hydroxyl groups excluding tert-OH is 2. The fraction of sp³-hybridized carbons (Fsp3) is 0.250. The molecule has 1 aromatic carbocycles. The summed E-state index contributed by atoms with van der Waals surface area (Å²) < 4.78 is 31.9. The largest absolute Gasteiger partial charge is 0.440 e. The molecule has 3 aromatic rings. The number of hydrogen-bond acceptors (Lipinski definition) is 6. The van der Waals surface area contributed by atoms with Gasteiger partial charge in [-0.15, -0.1) is 0 Å². The molecule has 0 saturated carbocycles. The molecule has 8 heteroatoms. The highest BCUT2D eigenvalue weighted by molar-refractivity contribution is 5.94. The van der Waals surface area contributed by atoms with Crippen LogP contribution in [-0.4, -0.2) is 38.7 Å². The van der Waals surface area contributed by atoms with Gasteiger partial charge in [0.05, 0.1) is 25.3 Å². The number of aromatic nitrogens is 2. The number of carbonyl (C=O) groups is 1. The molecule has 0 bridgehead atoms. The van der Waals surface area contributed by atoms with Crippen molar-refractivity contribution in [1.82, 2.24) is 9.97 Å². The molecule has 0 radical (unpaired) electrons. The van der Waals surface area contributed by atoms with Crippen LogP contribution in [0.5, 0.6) is 0 Å². The summed E-state index contributed by atoms with van der Waals surface area (Å²) in [6.45, 7) is -0.387. The van der Waals surface area contributed by atoms with Crippen molar-refractivity contribution in [2.24, 2.45) is 0 Å². The highest BCUT2D eigenvalue weighted by atomic mass is 19.2. The van der Waals surface area contributed by atoms with Crippen LogP contribution in [0.4, 0.5) is 8.78 Å². The quantitative estimate of drug-likeness (QED) is 0.576. The number of pyridine rings is 1. The number of rotatable bonds is 8. The van der Waals surface area contributed by atoms with E-state index in [-0.39, 0.29) is 30.9 Å². The smallest absolute Gasteiger partial charge is 0.199 e. The summed E-state index contributed by atoms with van der Waals surface area (Å²) in [6, 6.07) is 6.74. The first-order valence-electron chi connectivity index (χ1n) is 8.63. The Bertz CT molecular complexity index is 957. The molecule has 2 N–H and O–H groups in total. The van der Waals surface area contributed by atoms with Crippen molar-refractivity contribution in [3.05, 3.63) is 71.5 Å². The third-order valence-electron chi connectivity index (χ3n) is 4.14. The summed E-state index contributed by atoms with van der Waals surface area (Å²) in [5.74, 6) is -1.44. The summed E-state index contributed by atoms with van der Waals surface area (Å²) in [5.41, 5.74) is 1.40. The highest BCUT2D eigenvalue weighted by Crippen LogP contribution is 2.23. The van der Waals surface area contributed by atoms with Gasteiger partial charge in [-0.05, 0) is 36.2 Å². The molecule has 0 aliphatic carbocycles. The summed E-state index contributed by atoms with van der Waals surface area (Å²) in [4.78, 5) is 20.2. The first-order chi connectivity index (χ1) is 13.5. The first-order valence-corrected chi connectivity index (χ1v) is 8.63. The molecule has 2 aromatic heterocycles. The normalized spacial score (nSPS) is 12.1. The van der Waals surface area contributed by atoms with Crippen LogP contribution in [0.2, 0.25) is 0 Å². The van der Waals surface area contributed by atoms with Gasteiger partial charge in [0.1, 0.15) is 5.69 Å². The topological polar surface area (TPSA) is 96.5 Å². The van der Waals surface area contributed by atoms with Gasteiger partial charge in [-0.25, -0.2) is 13.8 Å². The van der Waals surface area contributed by atoms with E-state index in [4.69, 9.17) is 9.52 Å². The van der Waals surface area contributed by atoms with Crippen LogP contribution in [-0.2, 0) is 6.42 Å². The summed E-state index contributed by atoms with van der Waals surface area (Å²) in [5, 5.41) is 18.1. The molecular formula is C20H18F2N2O4. The second-order valence-corrected chi connectivity index (χ2v) is 6.27. The van der Waals surface area contributed by atoms with Crippen molar-refractivity contribution in [2.75, 3.05) is 6.61 Å². The van der Waals surface area contributed by atoms with Crippen LogP contribution in [0, 0.1) is 11.6 Å². The van der Waals surface area contributed by atoms with Crippen molar-refractivity contribution < 1.29 is 28.2 Å². The Morgan fingerprint density at radius 3 is 2.61 bits per heavy atom. The fourth-order valence-corrected chi connectivity index (χ4v) is 2.56. The van der Waals surface area contributed by atoms with E-state index >= 15 is 0 Å². The van der Waals surface area contributed by atoms with E-state index in [1.807, 2.05) is 0 Å². The molecular weight excluding hydrogens is 370 g/mol. The van der Waals surface area contributed by atoms with E-state index in [0.717, 1.165) is 17.7 Å². The maximum Gasteiger partial charge on any atom is 0.199 e. The van der Waals surface area contributed by atoms with Crippen molar-refractivity contribution in [3.8, 4) is 11.3 Å². The zero-order valence-corrected chi connectivity index (χ0v) is 14.8. The lowest BCUT2D eigenvalue weighted by atomic mass is 10.1.